The van der Waals surface area contributed by atoms with E-state index in [1.165, 1.54) is 18.7 Å². The zero-order chi connectivity index (χ0) is 19.0. The molecule has 0 aliphatic heterocycles. The first-order valence-corrected chi connectivity index (χ1v) is 8.67. The lowest BCUT2D eigenvalue weighted by atomic mass is 10.1. The molecule has 3 aromatic rings. The Labute approximate surface area is 152 Å². The Morgan fingerprint density at radius 3 is 2.58 bits per heavy atom. The average Bonchev–Trinajstić information content (AvgIpc) is 2.62. The molecule has 2 heterocycles. The van der Waals surface area contributed by atoms with E-state index >= 15 is 0 Å². The maximum atomic E-state index is 12.6. The highest BCUT2D eigenvalue weighted by molar-refractivity contribution is 8.00. The second-order valence-electron chi connectivity index (χ2n) is 5.81. The molecule has 3 rings (SSSR count). The van der Waals surface area contributed by atoms with Crippen molar-refractivity contribution in [2.45, 2.75) is 11.9 Å². The van der Waals surface area contributed by atoms with Gasteiger partial charge in [-0.05, 0) is 13.0 Å². The van der Waals surface area contributed by atoms with Crippen LogP contribution in [-0.2, 0) is 18.9 Å². The molecule has 0 saturated carbocycles. The second-order valence-corrected chi connectivity index (χ2v) is 6.77. The number of carbonyl (C=O) groups is 1. The predicted molar refractivity (Wildman–Crippen MR) is 98.6 cm³/mol. The summed E-state index contributed by atoms with van der Waals surface area (Å²) in [5, 5.41) is 9.37. The number of carboxylic acid groups (broad SMARTS) is 1. The third kappa shape index (κ3) is 3.13. The van der Waals surface area contributed by atoms with Gasteiger partial charge in [0.05, 0.1) is 5.75 Å². The molecule has 26 heavy (non-hydrogen) atoms. The van der Waals surface area contributed by atoms with E-state index in [0.29, 0.717) is 5.82 Å². The van der Waals surface area contributed by atoms with Gasteiger partial charge in [-0.15, -0.1) is 0 Å². The first-order chi connectivity index (χ1) is 12.3. The van der Waals surface area contributed by atoms with Gasteiger partial charge in [-0.25, -0.2) is 14.8 Å². The van der Waals surface area contributed by atoms with Crippen LogP contribution in [-0.4, -0.2) is 35.9 Å². The summed E-state index contributed by atoms with van der Waals surface area (Å²) in [5.41, 5.74) is 0.843. The topological polar surface area (TPSA) is 107 Å². The van der Waals surface area contributed by atoms with E-state index < -0.39 is 17.2 Å². The van der Waals surface area contributed by atoms with Crippen LogP contribution in [0.25, 0.3) is 22.4 Å². The number of rotatable bonds is 4. The predicted octanol–water partition coefficient (Wildman–Crippen LogP) is 1.18. The third-order valence-electron chi connectivity index (χ3n) is 3.88. The van der Waals surface area contributed by atoms with Crippen LogP contribution in [0.2, 0.25) is 0 Å². The molecule has 134 valence electrons. The average molecular weight is 372 g/mol. The molecule has 8 nitrogen and oxygen atoms in total. The standard InChI is InChI=1S/C17H16N4O4S/c1-9-5-4-6-10(7-9)13-18-14-12(15(19-13)26-8-11(22)23)16(24)21(3)17(25)20(14)2/h4-7H,8H2,1-3H3,(H,22,23). The summed E-state index contributed by atoms with van der Waals surface area (Å²) in [7, 11) is 2.88. The van der Waals surface area contributed by atoms with Crippen LogP contribution in [0.3, 0.4) is 0 Å². The molecular formula is C17H16N4O4S. The number of hydrogen-bond donors (Lipinski definition) is 1. The van der Waals surface area contributed by atoms with Crippen molar-refractivity contribution in [2.75, 3.05) is 5.75 Å². The molecule has 0 saturated heterocycles. The summed E-state index contributed by atoms with van der Waals surface area (Å²) in [4.78, 5) is 44.6. The van der Waals surface area contributed by atoms with E-state index in [9.17, 15) is 14.4 Å². The fourth-order valence-electron chi connectivity index (χ4n) is 2.58. The number of hydrogen-bond acceptors (Lipinski definition) is 6. The molecule has 0 spiro atoms. The highest BCUT2D eigenvalue weighted by atomic mass is 32.2. The zero-order valence-corrected chi connectivity index (χ0v) is 15.2. The van der Waals surface area contributed by atoms with Crippen molar-refractivity contribution in [2.24, 2.45) is 14.1 Å². The number of aliphatic carboxylic acids is 1. The molecule has 2 aromatic heterocycles. The van der Waals surface area contributed by atoms with E-state index in [2.05, 4.69) is 9.97 Å². The smallest absolute Gasteiger partial charge is 0.332 e. The molecule has 0 bridgehead atoms. The van der Waals surface area contributed by atoms with Crippen LogP contribution in [0.5, 0.6) is 0 Å². The molecule has 0 aliphatic rings. The highest BCUT2D eigenvalue weighted by Gasteiger charge is 2.18. The number of aryl methyl sites for hydroxylation is 2. The molecule has 0 fully saturated rings. The van der Waals surface area contributed by atoms with Gasteiger partial charge in [0.15, 0.2) is 11.5 Å². The Morgan fingerprint density at radius 1 is 1.19 bits per heavy atom. The van der Waals surface area contributed by atoms with Gasteiger partial charge in [0, 0.05) is 19.7 Å². The lowest BCUT2D eigenvalue weighted by molar-refractivity contribution is -0.133. The van der Waals surface area contributed by atoms with Crippen LogP contribution >= 0.6 is 11.8 Å². The van der Waals surface area contributed by atoms with Crippen molar-refractivity contribution in [3.05, 3.63) is 50.7 Å². The van der Waals surface area contributed by atoms with Gasteiger partial charge >= 0.3 is 11.7 Å². The summed E-state index contributed by atoms with van der Waals surface area (Å²) < 4.78 is 2.23. The van der Waals surface area contributed by atoms with E-state index in [1.54, 1.807) is 0 Å². The van der Waals surface area contributed by atoms with Gasteiger partial charge in [0.1, 0.15) is 10.4 Å². The maximum absolute atomic E-state index is 12.6. The van der Waals surface area contributed by atoms with E-state index in [1.807, 2.05) is 31.2 Å². The second kappa shape index (κ2) is 6.75. The summed E-state index contributed by atoms with van der Waals surface area (Å²) in [6, 6.07) is 7.48. The molecular weight excluding hydrogens is 356 g/mol. The number of thioether (sulfide) groups is 1. The minimum absolute atomic E-state index is 0.136. The first kappa shape index (κ1) is 17.9. The molecule has 0 radical (unpaired) electrons. The quantitative estimate of drug-likeness (QED) is 0.541. The van der Waals surface area contributed by atoms with Crippen molar-refractivity contribution in [3.63, 3.8) is 0 Å². The summed E-state index contributed by atoms with van der Waals surface area (Å²) in [5.74, 6) is -0.955. The van der Waals surface area contributed by atoms with Crippen LogP contribution in [0.4, 0.5) is 0 Å². The lowest BCUT2D eigenvalue weighted by Gasteiger charge is -2.11. The Balaban J connectivity index is 2.38. The molecule has 1 N–H and O–H groups in total. The SMILES string of the molecule is Cc1cccc(-c2nc(SCC(=O)O)c3c(=O)n(C)c(=O)n(C)c3n2)c1. The molecule has 0 atom stereocenters. The zero-order valence-electron chi connectivity index (χ0n) is 14.4. The van der Waals surface area contributed by atoms with E-state index in [0.717, 1.165) is 27.5 Å². The van der Waals surface area contributed by atoms with Crippen molar-refractivity contribution >= 4 is 28.8 Å². The Hall–Kier alpha value is -2.94. The third-order valence-corrected chi connectivity index (χ3v) is 4.84. The van der Waals surface area contributed by atoms with E-state index in [4.69, 9.17) is 5.11 Å². The number of carboxylic acids is 1. The van der Waals surface area contributed by atoms with Crippen molar-refractivity contribution < 1.29 is 9.90 Å². The summed E-state index contributed by atoms with van der Waals surface area (Å²) in [6.07, 6.45) is 0. The number of benzene rings is 1. The lowest BCUT2D eigenvalue weighted by Crippen LogP contribution is -2.37. The normalized spacial score (nSPS) is 11.0. The largest absolute Gasteiger partial charge is 0.481 e. The van der Waals surface area contributed by atoms with Crippen molar-refractivity contribution in [3.8, 4) is 11.4 Å². The monoisotopic (exact) mass is 372 g/mol. The summed E-state index contributed by atoms with van der Waals surface area (Å²) in [6.45, 7) is 1.93. The van der Waals surface area contributed by atoms with Gasteiger partial charge in [0.2, 0.25) is 0 Å². The van der Waals surface area contributed by atoms with Gasteiger partial charge in [0.25, 0.3) is 5.56 Å². The fraction of sp³-hybridized carbons (Fsp3) is 0.235. The Kier molecular flexibility index (Phi) is 4.64. The molecule has 0 amide bonds. The van der Waals surface area contributed by atoms with Gasteiger partial charge in [-0.1, -0.05) is 35.5 Å². The van der Waals surface area contributed by atoms with Gasteiger partial charge in [-0.3, -0.25) is 18.7 Å². The van der Waals surface area contributed by atoms with E-state index in [-0.39, 0.29) is 21.8 Å². The van der Waals surface area contributed by atoms with Crippen LogP contribution < -0.4 is 11.2 Å². The minimum Gasteiger partial charge on any atom is -0.481 e. The van der Waals surface area contributed by atoms with Gasteiger partial charge < -0.3 is 5.11 Å². The van der Waals surface area contributed by atoms with Crippen LogP contribution in [0.15, 0.2) is 38.9 Å². The fourth-order valence-corrected chi connectivity index (χ4v) is 3.31. The molecule has 1 aromatic carbocycles. The van der Waals surface area contributed by atoms with Gasteiger partial charge in [-0.2, -0.15) is 0 Å². The number of aromatic nitrogens is 4. The Morgan fingerprint density at radius 2 is 1.92 bits per heavy atom. The minimum atomic E-state index is -1.03. The molecule has 9 heteroatoms. The number of fused-ring (bicyclic) bond motifs is 1. The van der Waals surface area contributed by atoms with Crippen molar-refractivity contribution in [1.29, 1.82) is 0 Å². The highest BCUT2D eigenvalue weighted by Crippen LogP contribution is 2.26. The molecule has 0 unspecified atom stereocenters. The first-order valence-electron chi connectivity index (χ1n) is 7.69. The summed E-state index contributed by atoms with van der Waals surface area (Å²) >= 11 is 0.929. The van der Waals surface area contributed by atoms with Crippen molar-refractivity contribution in [1.82, 2.24) is 19.1 Å². The van der Waals surface area contributed by atoms with Crippen LogP contribution in [0.1, 0.15) is 5.56 Å². The Bertz CT molecular complexity index is 1150. The molecule has 0 aliphatic carbocycles. The number of nitrogens with zero attached hydrogens (tertiary/aromatic N) is 4. The van der Waals surface area contributed by atoms with Crippen LogP contribution in [0, 0.1) is 6.92 Å². The maximum Gasteiger partial charge on any atom is 0.332 e.